The Labute approximate surface area is 111 Å². The van der Waals surface area contributed by atoms with Crippen LogP contribution in [0.5, 0.6) is 0 Å². The summed E-state index contributed by atoms with van der Waals surface area (Å²) in [7, 11) is 0. The summed E-state index contributed by atoms with van der Waals surface area (Å²) in [6.07, 6.45) is 4.99. The summed E-state index contributed by atoms with van der Waals surface area (Å²) in [5.74, 6) is -0.999. The van der Waals surface area contributed by atoms with E-state index in [1.807, 2.05) is 31.2 Å². The van der Waals surface area contributed by atoms with E-state index < -0.39 is 5.97 Å². The number of para-hydroxylation sites is 1. The molecule has 0 spiro atoms. The van der Waals surface area contributed by atoms with E-state index in [1.165, 1.54) is 0 Å². The van der Waals surface area contributed by atoms with Gasteiger partial charge in [-0.25, -0.2) is 4.79 Å². The summed E-state index contributed by atoms with van der Waals surface area (Å²) in [6.45, 7) is 3.28. The first-order valence-electron chi connectivity index (χ1n) is 6.29. The smallest absolute Gasteiger partial charge is 0.372 e. The molecule has 1 heterocycles. The summed E-state index contributed by atoms with van der Waals surface area (Å²) in [6, 6.07) is 7.38. The third-order valence-corrected chi connectivity index (χ3v) is 2.92. The molecule has 1 aromatic heterocycles. The average molecular weight is 259 g/mol. The van der Waals surface area contributed by atoms with Gasteiger partial charge in [0.2, 0.25) is 5.76 Å². The maximum absolute atomic E-state index is 11.2. The van der Waals surface area contributed by atoms with E-state index >= 15 is 0 Å². The fraction of sp³-hybridized carbons (Fsp3) is 0.267. The van der Waals surface area contributed by atoms with E-state index in [4.69, 9.17) is 4.42 Å². The van der Waals surface area contributed by atoms with Gasteiger partial charge in [0.15, 0.2) is 0 Å². The highest BCUT2D eigenvalue weighted by atomic mass is 16.4. The Bertz CT molecular complexity index is 598. The SMILES string of the molecule is C/C=C/CCNCc1c(C(=O)O)oc2ccccc12. The van der Waals surface area contributed by atoms with Crippen LogP contribution in [0.15, 0.2) is 40.8 Å². The molecule has 4 nitrogen and oxygen atoms in total. The normalized spacial score (nSPS) is 11.4. The van der Waals surface area contributed by atoms with Crippen molar-refractivity contribution < 1.29 is 14.3 Å². The Kier molecular flexibility index (Phi) is 4.36. The van der Waals surface area contributed by atoms with Gasteiger partial charge >= 0.3 is 5.97 Å². The van der Waals surface area contributed by atoms with Crippen molar-refractivity contribution in [1.29, 1.82) is 0 Å². The maximum atomic E-state index is 11.2. The van der Waals surface area contributed by atoms with Gasteiger partial charge in [0, 0.05) is 17.5 Å². The number of nitrogens with one attached hydrogen (secondary N) is 1. The molecule has 4 heteroatoms. The van der Waals surface area contributed by atoms with E-state index in [-0.39, 0.29) is 5.76 Å². The quantitative estimate of drug-likeness (QED) is 0.617. The first-order valence-corrected chi connectivity index (χ1v) is 6.29. The van der Waals surface area contributed by atoms with Gasteiger partial charge in [0.05, 0.1) is 0 Å². The summed E-state index contributed by atoms with van der Waals surface area (Å²) < 4.78 is 5.39. The van der Waals surface area contributed by atoms with Gasteiger partial charge in [0.25, 0.3) is 0 Å². The van der Waals surface area contributed by atoms with Crippen molar-refractivity contribution in [2.75, 3.05) is 6.54 Å². The van der Waals surface area contributed by atoms with E-state index in [2.05, 4.69) is 11.4 Å². The zero-order chi connectivity index (χ0) is 13.7. The Balaban J connectivity index is 2.19. The predicted octanol–water partition coefficient (Wildman–Crippen LogP) is 3.19. The fourth-order valence-corrected chi connectivity index (χ4v) is 2.01. The average Bonchev–Trinajstić information content (AvgIpc) is 2.78. The van der Waals surface area contributed by atoms with Crippen LogP contribution in [0, 0.1) is 0 Å². The van der Waals surface area contributed by atoms with Gasteiger partial charge in [-0.15, -0.1) is 0 Å². The van der Waals surface area contributed by atoms with Gasteiger partial charge in [-0.1, -0.05) is 30.4 Å². The van der Waals surface area contributed by atoms with Gasteiger partial charge < -0.3 is 14.8 Å². The predicted molar refractivity (Wildman–Crippen MR) is 74.3 cm³/mol. The zero-order valence-electron chi connectivity index (χ0n) is 10.8. The Hall–Kier alpha value is -2.07. The number of carbonyl (C=O) groups is 1. The van der Waals surface area contributed by atoms with E-state index in [0.717, 1.165) is 18.4 Å². The van der Waals surface area contributed by atoms with Crippen LogP contribution < -0.4 is 5.32 Å². The highest BCUT2D eigenvalue weighted by Gasteiger charge is 2.18. The molecule has 2 aromatic rings. The Morgan fingerprint density at radius 1 is 1.42 bits per heavy atom. The minimum atomic E-state index is -1.03. The molecule has 0 aliphatic carbocycles. The highest BCUT2D eigenvalue weighted by Crippen LogP contribution is 2.25. The summed E-state index contributed by atoms with van der Waals surface area (Å²) in [5, 5.41) is 13.3. The van der Waals surface area contributed by atoms with Crippen molar-refractivity contribution in [3.05, 3.63) is 47.7 Å². The molecule has 0 bridgehead atoms. The lowest BCUT2D eigenvalue weighted by Crippen LogP contribution is -2.15. The van der Waals surface area contributed by atoms with Crippen molar-refractivity contribution in [2.45, 2.75) is 19.9 Å². The Morgan fingerprint density at radius 2 is 2.21 bits per heavy atom. The number of furan rings is 1. The van der Waals surface area contributed by atoms with E-state index in [0.29, 0.717) is 17.7 Å². The second-order valence-electron chi connectivity index (χ2n) is 4.25. The second kappa shape index (κ2) is 6.20. The lowest BCUT2D eigenvalue weighted by molar-refractivity contribution is 0.0663. The van der Waals surface area contributed by atoms with Crippen molar-refractivity contribution in [3.8, 4) is 0 Å². The number of benzene rings is 1. The number of fused-ring (bicyclic) bond motifs is 1. The molecular formula is C15H17NO3. The largest absolute Gasteiger partial charge is 0.475 e. The van der Waals surface area contributed by atoms with Crippen LogP contribution in [-0.4, -0.2) is 17.6 Å². The minimum Gasteiger partial charge on any atom is -0.475 e. The molecule has 100 valence electrons. The molecule has 0 aliphatic heterocycles. The van der Waals surface area contributed by atoms with Gasteiger partial charge in [-0.2, -0.15) is 0 Å². The number of allylic oxidation sites excluding steroid dienone is 1. The third kappa shape index (κ3) is 3.03. The molecule has 2 N–H and O–H groups in total. The first-order chi connectivity index (χ1) is 9.24. The van der Waals surface area contributed by atoms with E-state index in [1.54, 1.807) is 6.07 Å². The lowest BCUT2D eigenvalue weighted by Gasteiger charge is -2.02. The molecule has 0 unspecified atom stereocenters. The molecule has 2 rings (SSSR count). The fourth-order valence-electron chi connectivity index (χ4n) is 2.01. The first kappa shape index (κ1) is 13.4. The number of hydrogen-bond donors (Lipinski definition) is 2. The molecule has 0 atom stereocenters. The van der Waals surface area contributed by atoms with Crippen LogP contribution in [0.4, 0.5) is 0 Å². The zero-order valence-corrected chi connectivity index (χ0v) is 10.8. The molecule has 0 saturated carbocycles. The number of carboxylic acid groups (broad SMARTS) is 1. The molecule has 19 heavy (non-hydrogen) atoms. The van der Waals surface area contributed by atoms with Crippen LogP contribution in [0.3, 0.4) is 0 Å². The minimum absolute atomic E-state index is 0.0275. The van der Waals surface area contributed by atoms with Crippen molar-refractivity contribution in [2.24, 2.45) is 0 Å². The van der Waals surface area contributed by atoms with Crippen molar-refractivity contribution >= 4 is 16.9 Å². The number of rotatable bonds is 6. The molecular weight excluding hydrogens is 242 g/mol. The second-order valence-corrected chi connectivity index (χ2v) is 4.25. The molecule has 0 radical (unpaired) electrons. The summed E-state index contributed by atoms with van der Waals surface area (Å²) >= 11 is 0. The van der Waals surface area contributed by atoms with Crippen LogP contribution in [0.2, 0.25) is 0 Å². The van der Waals surface area contributed by atoms with Crippen LogP contribution in [-0.2, 0) is 6.54 Å². The van der Waals surface area contributed by atoms with E-state index in [9.17, 15) is 9.90 Å². The van der Waals surface area contributed by atoms with Crippen LogP contribution in [0.25, 0.3) is 11.0 Å². The van der Waals surface area contributed by atoms with Crippen molar-refractivity contribution in [1.82, 2.24) is 5.32 Å². The number of carboxylic acids is 1. The number of aromatic carboxylic acids is 1. The van der Waals surface area contributed by atoms with Crippen LogP contribution in [0.1, 0.15) is 29.5 Å². The molecule has 1 aromatic carbocycles. The topological polar surface area (TPSA) is 62.5 Å². The van der Waals surface area contributed by atoms with Crippen molar-refractivity contribution in [3.63, 3.8) is 0 Å². The molecule has 0 saturated heterocycles. The molecule has 0 amide bonds. The highest BCUT2D eigenvalue weighted by molar-refractivity contribution is 5.95. The third-order valence-electron chi connectivity index (χ3n) is 2.92. The Morgan fingerprint density at radius 3 is 2.95 bits per heavy atom. The summed E-state index contributed by atoms with van der Waals surface area (Å²) in [5.41, 5.74) is 1.33. The monoisotopic (exact) mass is 259 g/mol. The lowest BCUT2D eigenvalue weighted by atomic mass is 10.1. The summed E-state index contributed by atoms with van der Waals surface area (Å²) in [4.78, 5) is 11.2. The van der Waals surface area contributed by atoms with Gasteiger partial charge in [0.1, 0.15) is 5.58 Å². The maximum Gasteiger partial charge on any atom is 0.372 e. The van der Waals surface area contributed by atoms with Crippen LogP contribution >= 0.6 is 0 Å². The van der Waals surface area contributed by atoms with Gasteiger partial charge in [-0.3, -0.25) is 0 Å². The molecule has 0 aliphatic rings. The molecule has 0 fully saturated rings. The standard InChI is InChI=1S/C15H17NO3/c1-2-3-6-9-16-10-12-11-7-4-5-8-13(11)19-14(12)15(17)18/h2-5,7-8,16H,6,9-10H2,1H3,(H,17,18)/b3-2+. The van der Waals surface area contributed by atoms with Gasteiger partial charge in [-0.05, 0) is 26.0 Å². The number of hydrogen-bond acceptors (Lipinski definition) is 3.